The Morgan fingerprint density at radius 3 is 2.26 bits per heavy atom. The van der Waals surface area contributed by atoms with Crippen LogP contribution < -0.4 is 15.2 Å². The first-order valence-corrected chi connectivity index (χ1v) is 10.3. The summed E-state index contributed by atoms with van der Waals surface area (Å²) >= 11 is 0. The van der Waals surface area contributed by atoms with E-state index in [1.165, 1.54) is 25.2 Å². The van der Waals surface area contributed by atoms with Gasteiger partial charge in [0.1, 0.15) is 0 Å². The van der Waals surface area contributed by atoms with Crippen molar-refractivity contribution in [3.8, 4) is 0 Å². The molecule has 1 aromatic carbocycles. The van der Waals surface area contributed by atoms with E-state index in [-0.39, 0.29) is 22.3 Å². The van der Waals surface area contributed by atoms with Gasteiger partial charge in [-0.05, 0) is 63.4 Å². The molecule has 2 rings (SSSR count). The minimum atomic E-state index is -3.77. The zero-order chi connectivity index (χ0) is 17.5. The van der Waals surface area contributed by atoms with Crippen LogP contribution in [-0.2, 0) is 20.0 Å². The van der Waals surface area contributed by atoms with Crippen LogP contribution in [0.5, 0.6) is 0 Å². The van der Waals surface area contributed by atoms with Gasteiger partial charge in [0.2, 0.25) is 20.0 Å². The molecule has 0 aliphatic heterocycles. The van der Waals surface area contributed by atoms with Crippen LogP contribution in [0.1, 0.15) is 25.3 Å². The molecule has 0 aromatic heterocycles. The van der Waals surface area contributed by atoms with Crippen LogP contribution in [0.2, 0.25) is 0 Å². The molecule has 1 fully saturated rings. The average molecular weight is 361 g/mol. The van der Waals surface area contributed by atoms with Crippen LogP contribution in [0, 0.1) is 12.8 Å². The summed E-state index contributed by atoms with van der Waals surface area (Å²) in [5.74, 6) is 0.243. The first-order valence-electron chi connectivity index (χ1n) is 7.34. The van der Waals surface area contributed by atoms with Crippen molar-refractivity contribution in [3.05, 3.63) is 23.8 Å². The topological polar surface area (TPSA) is 118 Å². The highest BCUT2D eigenvalue weighted by atomic mass is 32.2. The van der Waals surface area contributed by atoms with E-state index in [9.17, 15) is 16.8 Å². The minimum absolute atomic E-state index is 0.0328. The van der Waals surface area contributed by atoms with Gasteiger partial charge >= 0.3 is 0 Å². The van der Waals surface area contributed by atoms with Gasteiger partial charge in [-0.25, -0.2) is 26.3 Å². The Kier molecular flexibility index (Phi) is 4.89. The van der Waals surface area contributed by atoms with Gasteiger partial charge in [-0.2, -0.15) is 0 Å². The van der Waals surface area contributed by atoms with Crippen molar-refractivity contribution in [1.29, 1.82) is 0 Å². The molecular formula is C14H23N3O4S2. The fourth-order valence-corrected chi connectivity index (χ4v) is 5.09. The number of aryl methyl sites for hydroxylation is 1. The van der Waals surface area contributed by atoms with Crippen molar-refractivity contribution in [2.45, 2.75) is 42.0 Å². The molecule has 1 unspecified atom stereocenters. The van der Waals surface area contributed by atoms with E-state index in [1.54, 1.807) is 13.8 Å². The summed E-state index contributed by atoms with van der Waals surface area (Å²) < 4.78 is 53.8. The Morgan fingerprint density at radius 1 is 1.22 bits per heavy atom. The van der Waals surface area contributed by atoms with Gasteiger partial charge in [0.15, 0.2) is 0 Å². The van der Waals surface area contributed by atoms with E-state index in [0.717, 1.165) is 12.8 Å². The van der Waals surface area contributed by atoms with Gasteiger partial charge < -0.3 is 5.73 Å². The van der Waals surface area contributed by atoms with Gasteiger partial charge in [-0.1, -0.05) is 0 Å². The Morgan fingerprint density at radius 2 is 1.83 bits per heavy atom. The Hall–Kier alpha value is -1.00. The summed E-state index contributed by atoms with van der Waals surface area (Å²) in [6.45, 7) is 3.57. The van der Waals surface area contributed by atoms with Crippen molar-refractivity contribution >= 4 is 20.0 Å². The monoisotopic (exact) mass is 361 g/mol. The molecule has 0 saturated heterocycles. The predicted molar refractivity (Wildman–Crippen MR) is 87.9 cm³/mol. The number of sulfonamides is 2. The third kappa shape index (κ3) is 3.74. The lowest BCUT2D eigenvalue weighted by atomic mass is 9.98. The van der Waals surface area contributed by atoms with E-state index in [2.05, 4.69) is 9.44 Å². The normalized spacial score (nSPS) is 18.6. The molecule has 4 N–H and O–H groups in total. The first kappa shape index (κ1) is 18.3. The lowest BCUT2D eigenvalue weighted by Gasteiger charge is -2.29. The van der Waals surface area contributed by atoms with Crippen molar-refractivity contribution in [2.24, 2.45) is 11.7 Å². The van der Waals surface area contributed by atoms with Crippen molar-refractivity contribution in [1.82, 2.24) is 9.44 Å². The Balaban J connectivity index is 2.36. The molecule has 0 radical (unpaired) electrons. The van der Waals surface area contributed by atoms with Crippen LogP contribution in [-0.4, -0.2) is 36.0 Å². The summed E-state index contributed by atoms with van der Waals surface area (Å²) in [6.07, 6.45) is 1.91. The molecule has 0 amide bonds. The van der Waals surface area contributed by atoms with Crippen molar-refractivity contribution < 1.29 is 16.8 Å². The van der Waals surface area contributed by atoms with E-state index in [0.29, 0.717) is 5.56 Å². The summed E-state index contributed by atoms with van der Waals surface area (Å²) in [7, 11) is -6.08. The van der Waals surface area contributed by atoms with Gasteiger partial charge in [0.25, 0.3) is 0 Å². The molecule has 1 aliphatic rings. The Labute approximate surface area is 137 Å². The maximum atomic E-state index is 12.6. The van der Waals surface area contributed by atoms with Crippen molar-refractivity contribution in [3.63, 3.8) is 0 Å². The molecular weight excluding hydrogens is 338 g/mol. The highest BCUT2D eigenvalue weighted by molar-refractivity contribution is 7.90. The number of hydrogen-bond acceptors (Lipinski definition) is 5. The number of hydrogen-bond donors (Lipinski definition) is 3. The molecule has 0 heterocycles. The molecule has 0 spiro atoms. The van der Waals surface area contributed by atoms with E-state index in [1.807, 2.05) is 0 Å². The maximum Gasteiger partial charge on any atom is 0.241 e. The van der Waals surface area contributed by atoms with Crippen molar-refractivity contribution in [2.75, 3.05) is 13.6 Å². The third-order valence-electron chi connectivity index (χ3n) is 4.28. The fraction of sp³-hybridized carbons (Fsp3) is 0.571. The predicted octanol–water partition coefficient (Wildman–Crippen LogP) is 0.309. The first-order chi connectivity index (χ1) is 10.6. The van der Waals surface area contributed by atoms with Gasteiger partial charge in [0, 0.05) is 12.1 Å². The molecule has 9 heteroatoms. The zero-order valence-electron chi connectivity index (χ0n) is 13.5. The maximum absolute atomic E-state index is 12.6. The summed E-state index contributed by atoms with van der Waals surface area (Å²) in [5, 5.41) is 0. The smallest absolute Gasteiger partial charge is 0.241 e. The third-order valence-corrected chi connectivity index (χ3v) is 7.47. The van der Waals surface area contributed by atoms with Gasteiger partial charge in [-0.15, -0.1) is 0 Å². The summed E-state index contributed by atoms with van der Waals surface area (Å²) in [5.41, 5.74) is 5.43. The zero-order valence-corrected chi connectivity index (χ0v) is 15.1. The number of nitrogens with one attached hydrogen (secondary N) is 2. The van der Waals surface area contributed by atoms with Gasteiger partial charge in [-0.3, -0.25) is 0 Å². The largest absolute Gasteiger partial charge is 0.329 e. The van der Waals surface area contributed by atoms with E-state index < -0.39 is 25.6 Å². The summed E-state index contributed by atoms with van der Waals surface area (Å²) in [6, 6.07) is 3.95. The second-order valence-electron chi connectivity index (χ2n) is 6.14. The molecule has 1 saturated carbocycles. The van der Waals surface area contributed by atoms with E-state index >= 15 is 0 Å². The molecule has 130 valence electrons. The standard InChI is InChI=1S/C14H23N3O4S2/c1-10-8-12(6-7-13(10)23(20,21)16-3)22(18,19)17-14(2,9-15)11-4-5-11/h6-8,11,16-17H,4-5,9,15H2,1-3H3. The van der Waals surface area contributed by atoms with Gasteiger partial charge in [0.05, 0.1) is 9.79 Å². The second kappa shape index (κ2) is 6.14. The quantitative estimate of drug-likeness (QED) is 0.646. The number of benzene rings is 1. The SMILES string of the molecule is CNS(=O)(=O)c1ccc(S(=O)(=O)NC(C)(CN)C2CC2)cc1C. The lowest BCUT2D eigenvalue weighted by molar-refractivity contribution is 0.374. The molecule has 1 atom stereocenters. The lowest BCUT2D eigenvalue weighted by Crippen LogP contribution is -2.52. The van der Waals surface area contributed by atoms with Crippen LogP contribution in [0.25, 0.3) is 0 Å². The van der Waals surface area contributed by atoms with Crippen LogP contribution in [0.4, 0.5) is 0 Å². The van der Waals surface area contributed by atoms with Crippen LogP contribution in [0.3, 0.4) is 0 Å². The molecule has 7 nitrogen and oxygen atoms in total. The molecule has 1 aliphatic carbocycles. The molecule has 23 heavy (non-hydrogen) atoms. The van der Waals surface area contributed by atoms with Crippen LogP contribution in [0.15, 0.2) is 28.0 Å². The number of rotatable bonds is 7. The van der Waals surface area contributed by atoms with E-state index in [4.69, 9.17) is 5.73 Å². The highest BCUT2D eigenvalue weighted by Gasteiger charge is 2.43. The number of nitrogens with two attached hydrogens (primary N) is 1. The molecule has 1 aromatic rings. The highest BCUT2D eigenvalue weighted by Crippen LogP contribution is 2.39. The second-order valence-corrected chi connectivity index (χ2v) is 9.67. The van der Waals surface area contributed by atoms with Crippen LogP contribution >= 0.6 is 0 Å². The average Bonchev–Trinajstić information content (AvgIpc) is 3.31. The minimum Gasteiger partial charge on any atom is -0.329 e. The summed E-state index contributed by atoms with van der Waals surface area (Å²) in [4.78, 5) is 0.0908. The Bertz CT molecular complexity index is 801. The molecule has 0 bridgehead atoms. The fourth-order valence-electron chi connectivity index (χ4n) is 2.58.